The molecule has 2 aromatic heterocycles. The van der Waals surface area contributed by atoms with Crippen LogP contribution in [0.15, 0.2) is 16.7 Å². The van der Waals surface area contributed by atoms with Crippen molar-refractivity contribution in [2.24, 2.45) is 0 Å². The predicted octanol–water partition coefficient (Wildman–Crippen LogP) is 3.88. The summed E-state index contributed by atoms with van der Waals surface area (Å²) in [6, 6.07) is 6.13. The molecule has 162 valence electrons. The Balaban J connectivity index is 1.53. The number of nitrogens with zero attached hydrogens (tertiary/aromatic N) is 2. The summed E-state index contributed by atoms with van der Waals surface area (Å²) in [4.78, 5) is 14.6. The second kappa shape index (κ2) is 8.92. The van der Waals surface area contributed by atoms with Gasteiger partial charge in [0, 0.05) is 23.8 Å². The summed E-state index contributed by atoms with van der Waals surface area (Å²) in [6.45, 7) is 5.31. The van der Waals surface area contributed by atoms with Crippen LogP contribution in [0.4, 0.5) is 0 Å². The molecule has 0 unspecified atom stereocenters. The van der Waals surface area contributed by atoms with Gasteiger partial charge in [-0.3, -0.25) is 4.79 Å². The molecule has 2 N–H and O–H groups in total. The van der Waals surface area contributed by atoms with E-state index in [0.717, 1.165) is 57.6 Å². The molecular formula is C23H25N3O5. The lowest BCUT2D eigenvalue weighted by Crippen LogP contribution is -2.18. The van der Waals surface area contributed by atoms with E-state index in [9.17, 15) is 15.2 Å². The third-order valence-electron chi connectivity index (χ3n) is 5.72. The van der Waals surface area contributed by atoms with Crippen LogP contribution < -0.4 is 0 Å². The molecule has 1 aromatic carbocycles. The van der Waals surface area contributed by atoms with Crippen molar-refractivity contribution in [3.8, 4) is 6.07 Å². The summed E-state index contributed by atoms with van der Waals surface area (Å²) in [5, 5.41) is 23.8. The first-order valence-electron chi connectivity index (χ1n) is 10.4. The zero-order valence-electron chi connectivity index (χ0n) is 17.7. The number of H-pyrrole nitrogens is 1. The van der Waals surface area contributed by atoms with Crippen LogP contribution in [0, 0.1) is 25.2 Å². The number of fused-ring (bicyclic) bond motifs is 3. The zero-order valence-corrected chi connectivity index (χ0v) is 17.7. The van der Waals surface area contributed by atoms with E-state index in [0.29, 0.717) is 31.8 Å². The molecule has 3 heterocycles. The number of hydrogen-bond acceptors (Lipinski definition) is 6. The van der Waals surface area contributed by atoms with Crippen LogP contribution in [0.2, 0.25) is 0 Å². The van der Waals surface area contributed by atoms with Gasteiger partial charge in [0.25, 0.3) is 0 Å². The molecule has 8 nitrogen and oxygen atoms in total. The van der Waals surface area contributed by atoms with Gasteiger partial charge < -0.3 is 24.1 Å². The second-order valence-corrected chi connectivity index (χ2v) is 7.88. The van der Waals surface area contributed by atoms with E-state index in [2.05, 4.69) is 16.2 Å². The van der Waals surface area contributed by atoms with E-state index >= 15 is 0 Å². The highest BCUT2D eigenvalue weighted by Gasteiger charge is 2.29. The SMILES string of the molecule is Cc1cc(COCCCc2cc(C#N)c3c4c([nH]c3c2C)[C@@H](CC(=O)O)OCC4)no1. The molecule has 8 heteroatoms. The van der Waals surface area contributed by atoms with Gasteiger partial charge in [-0.25, -0.2) is 0 Å². The Morgan fingerprint density at radius 1 is 1.42 bits per heavy atom. The third kappa shape index (κ3) is 4.33. The number of carbonyl (C=O) groups is 1. The summed E-state index contributed by atoms with van der Waals surface area (Å²) < 4.78 is 16.4. The normalized spacial score (nSPS) is 15.7. The van der Waals surface area contributed by atoms with E-state index in [4.69, 9.17) is 14.0 Å². The van der Waals surface area contributed by atoms with Crippen LogP contribution >= 0.6 is 0 Å². The molecule has 0 saturated heterocycles. The largest absolute Gasteiger partial charge is 0.481 e. The number of benzene rings is 1. The van der Waals surface area contributed by atoms with E-state index in [-0.39, 0.29) is 6.42 Å². The van der Waals surface area contributed by atoms with Crippen molar-refractivity contribution in [2.45, 2.75) is 52.2 Å². The van der Waals surface area contributed by atoms with Crippen molar-refractivity contribution >= 4 is 16.9 Å². The minimum Gasteiger partial charge on any atom is -0.481 e. The first kappa shape index (κ1) is 21.1. The molecule has 1 atom stereocenters. The number of carboxylic acid groups (broad SMARTS) is 1. The van der Waals surface area contributed by atoms with E-state index in [1.165, 1.54) is 0 Å². The number of nitriles is 1. The lowest BCUT2D eigenvalue weighted by molar-refractivity contribution is -0.140. The number of hydrogen-bond donors (Lipinski definition) is 2. The molecule has 0 aliphatic carbocycles. The maximum atomic E-state index is 11.2. The average Bonchev–Trinajstić information content (AvgIpc) is 3.33. The number of carboxylic acids is 1. The number of ether oxygens (including phenoxy) is 2. The number of aliphatic carboxylic acids is 1. The van der Waals surface area contributed by atoms with Crippen molar-refractivity contribution < 1.29 is 23.9 Å². The van der Waals surface area contributed by atoms with Gasteiger partial charge in [0.1, 0.15) is 17.6 Å². The van der Waals surface area contributed by atoms with Crippen LogP contribution in [0.3, 0.4) is 0 Å². The van der Waals surface area contributed by atoms with Crippen molar-refractivity contribution in [3.05, 3.63) is 51.5 Å². The number of rotatable bonds is 8. The van der Waals surface area contributed by atoms with Gasteiger partial charge in [0.05, 0.1) is 36.8 Å². The summed E-state index contributed by atoms with van der Waals surface area (Å²) in [5.41, 5.74) is 6.24. The fourth-order valence-corrected chi connectivity index (χ4v) is 4.27. The average molecular weight is 423 g/mol. The van der Waals surface area contributed by atoms with Crippen molar-refractivity contribution in [1.82, 2.24) is 10.1 Å². The number of aromatic nitrogens is 2. The highest BCUT2D eigenvalue weighted by molar-refractivity contribution is 5.93. The van der Waals surface area contributed by atoms with Crippen LogP contribution in [0.1, 0.15) is 58.3 Å². The van der Waals surface area contributed by atoms with Crippen LogP contribution in [-0.2, 0) is 33.7 Å². The topological polar surface area (TPSA) is 121 Å². The van der Waals surface area contributed by atoms with Gasteiger partial charge in [-0.05, 0) is 55.9 Å². The van der Waals surface area contributed by atoms with E-state index < -0.39 is 12.1 Å². The Morgan fingerprint density at radius 2 is 2.26 bits per heavy atom. The molecule has 1 aliphatic rings. The van der Waals surface area contributed by atoms with Gasteiger partial charge >= 0.3 is 5.97 Å². The Bertz CT molecular complexity index is 1150. The van der Waals surface area contributed by atoms with Gasteiger partial charge in [0.2, 0.25) is 0 Å². The van der Waals surface area contributed by atoms with Crippen LogP contribution in [-0.4, -0.2) is 34.4 Å². The highest BCUT2D eigenvalue weighted by atomic mass is 16.5. The summed E-state index contributed by atoms with van der Waals surface area (Å²) in [5.74, 6) is -0.147. The standard InChI is InChI=1S/C23H25N3O5/c1-13-8-17(26-31-13)12-29-6-3-4-15-9-16(11-24)21-18-5-7-30-19(10-20(27)28)23(18)25-22(21)14(15)2/h8-9,19,25H,3-7,10,12H2,1-2H3,(H,27,28)/t19-/m1/s1. The molecule has 0 fully saturated rings. The Kier molecular flexibility index (Phi) is 6.07. The maximum Gasteiger partial charge on any atom is 0.306 e. The van der Waals surface area contributed by atoms with Crippen LogP contribution in [0.5, 0.6) is 0 Å². The Labute approximate surface area is 179 Å². The minimum absolute atomic E-state index is 0.101. The summed E-state index contributed by atoms with van der Waals surface area (Å²) in [7, 11) is 0. The monoisotopic (exact) mass is 423 g/mol. The quantitative estimate of drug-likeness (QED) is 0.527. The molecule has 0 spiro atoms. The molecule has 4 rings (SSSR count). The van der Waals surface area contributed by atoms with Gasteiger partial charge in [-0.2, -0.15) is 5.26 Å². The van der Waals surface area contributed by atoms with Crippen molar-refractivity contribution in [3.63, 3.8) is 0 Å². The second-order valence-electron chi connectivity index (χ2n) is 7.88. The van der Waals surface area contributed by atoms with Crippen molar-refractivity contribution in [2.75, 3.05) is 13.2 Å². The van der Waals surface area contributed by atoms with Gasteiger partial charge in [-0.15, -0.1) is 0 Å². The molecule has 31 heavy (non-hydrogen) atoms. The smallest absolute Gasteiger partial charge is 0.306 e. The molecule has 0 saturated carbocycles. The zero-order chi connectivity index (χ0) is 22.0. The number of aromatic amines is 1. The van der Waals surface area contributed by atoms with E-state index in [1.807, 2.05) is 26.0 Å². The molecule has 0 bridgehead atoms. The van der Waals surface area contributed by atoms with E-state index in [1.54, 1.807) is 0 Å². The summed E-state index contributed by atoms with van der Waals surface area (Å²) in [6.07, 6.45) is 1.62. The minimum atomic E-state index is -0.907. The lowest BCUT2D eigenvalue weighted by Gasteiger charge is -2.22. The Morgan fingerprint density at radius 3 is 2.97 bits per heavy atom. The third-order valence-corrected chi connectivity index (χ3v) is 5.72. The maximum absolute atomic E-state index is 11.2. The summed E-state index contributed by atoms with van der Waals surface area (Å²) >= 11 is 0. The van der Waals surface area contributed by atoms with Crippen molar-refractivity contribution in [1.29, 1.82) is 5.26 Å². The van der Waals surface area contributed by atoms with Gasteiger partial charge in [0.15, 0.2) is 0 Å². The molecule has 0 amide bonds. The molecule has 0 radical (unpaired) electrons. The molecule has 3 aromatic rings. The molecule has 1 aliphatic heterocycles. The Hall–Kier alpha value is -3.15. The molecular weight excluding hydrogens is 398 g/mol. The predicted molar refractivity (Wildman–Crippen MR) is 112 cm³/mol. The highest BCUT2D eigenvalue weighted by Crippen LogP contribution is 2.38. The van der Waals surface area contributed by atoms with Crippen LogP contribution in [0.25, 0.3) is 10.9 Å². The van der Waals surface area contributed by atoms with Gasteiger partial charge in [-0.1, -0.05) is 5.16 Å². The number of nitrogens with one attached hydrogen (secondary N) is 1. The fourth-order valence-electron chi connectivity index (χ4n) is 4.27. The lowest BCUT2D eigenvalue weighted by atomic mass is 9.93. The first-order valence-corrected chi connectivity index (χ1v) is 10.4. The fraction of sp³-hybridized carbons (Fsp3) is 0.435. The first-order chi connectivity index (χ1) is 15.0. The number of aryl methyl sites for hydroxylation is 3.